The molecule has 0 radical (unpaired) electrons. The van der Waals surface area contributed by atoms with Crippen LogP contribution in [0, 0.1) is 11.6 Å². The molecule has 0 amide bonds. The summed E-state index contributed by atoms with van der Waals surface area (Å²) in [4.78, 5) is 1.96. The van der Waals surface area contributed by atoms with Crippen molar-refractivity contribution in [2.45, 2.75) is 6.92 Å². The van der Waals surface area contributed by atoms with E-state index in [9.17, 15) is 8.78 Å². The van der Waals surface area contributed by atoms with E-state index in [4.69, 9.17) is 0 Å². The van der Waals surface area contributed by atoms with Crippen LogP contribution in [-0.4, -0.2) is 19.6 Å². The van der Waals surface area contributed by atoms with Crippen LogP contribution >= 0.6 is 0 Å². The lowest BCUT2D eigenvalue weighted by Crippen LogP contribution is -2.29. The number of hydrogen-bond acceptors (Lipinski definition) is 2. The number of para-hydroxylation sites is 1. The highest BCUT2D eigenvalue weighted by Gasteiger charge is 2.08. The predicted octanol–water partition coefficient (Wildman–Crippen LogP) is 3.90. The highest BCUT2D eigenvalue weighted by molar-refractivity contribution is 5.48. The normalized spacial score (nSPS) is 10.3. The number of anilines is 2. The Bertz CT molecular complexity index is 540. The lowest BCUT2D eigenvalue weighted by atomic mass is 10.2. The van der Waals surface area contributed by atoms with Crippen molar-refractivity contribution in [1.82, 2.24) is 0 Å². The van der Waals surface area contributed by atoms with Crippen LogP contribution in [0.4, 0.5) is 20.2 Å². The second-order valence-corrected chi connectivity index (χ2v) is 4.46. The van der Waals surface area contributed by atoms with Crippen LogP contribution in [0.2, 0.25) is 0 Å². The van der Waals surface area contributed by atoms with Gasteiger partial charge in [0.15, 0.2) is 0 Å². The van der Waals surface area contributed by atoms with Crippen molar-refractivity contribution in [3.05, 3.63) is 60.2 Å². The Morgan fingerprint density at radius 3 is 2.35 bits per heavy atom. The van der Waals surface area contributed by atoms with Gasteiger partial charge in [-0.05, 0) is 43.3 Å². The van der Waals surface area contributed by atoms with E-state index < -0.39 is 0 Å². The van der Waals surface area contributed by atoms with Gasteiger partial charge >= 0.3 is 0 Å². The van der Waals surface area contributed by atoms with E-state index in [0.29, 0.717) is 18.8 Å². The summed E-state index contributed by atoms with van der Waals surface area (Å²) in [5.74, 6) is -0.465. The van der Waals surface area contributed by atoms with Gasteiger partial charge in [-0.2, -0.15) is 0 Å². The quantitative estimate of drug-likeness (QED) is 0.860. The topological polar surface area (TPSA) is 15.3 Å². The SMILES string of the molecule is CCN(CCNc1ccc(F)cc1)c1ccccc1F. The van der Waals surface area contributed by atoms with Crippen molar-refractivity contribution < 1.29 is 8.78 Å². The molecule has 0 bridgehead atoms. The van der Waals surface area contributed by atoms with Gasteiger partial charge in [0.25, 0.3) is 0 Å². The molecule has 0 spiro atoms. The molecule has 0 fully saturated rings. The minimum Gasteiger partial charge on any atom is -0.383 e. The second-order valence-electron chi connectivity index (χ2n) is 4.46. The summed E-state index contributed by atoms with van der Waals surface area (Å²) in [5, 5.41) is 3.20. The number of benzene rings is 2. The van der Waals surface area contributed by atoms with Gasteiger partial charge < -0.3 is 10.2 Å². The predicted molar refractivity (Wildman–Crippen MR) is 79.2 cm³/mol. The lowest BCUT2D eigenvalue weighted by Gasteiger charge is -2.24. The molecular formula is C16H18F2N2. The average Bonchev–Trinajstić information content (AvgIpc) is 2.47. The van der Waals surface area contributed by atoms with Crippen LogP contribution in [0.3, 0.4) is 0 Å². The Balaban J connectivity index is 1.91. The Morgan fingerprint density at radius 1 is 1.00 bits per heavy atom. The van der Waals surface area contributed by atoms with Crippen LogP contribution in [0.25, 0.3) is 0 Å². The molecule has 106 valence electrons. The summed E-state index contributed by atoms with van der Waals surface area (Å²) in [5.41, 5.74) is 1.46. The van der Waals surface area contributed by atoms with E-state index in [2.05, 4.69) is 5.32 Å². The zero-order valence-corrected chi connectivity index (χ0v) is 11.4. The standard InChI is InChI=1S/C16H18F2N2/c1-2-20(16-6-4-3-5-15(16)18)12-11-19-14-9-7-13(17)8-10-14/h3-10,19H,2,11-12H2,1H3. The molecule has 0 saturated heterocycles. The second kappa shape index (κ2) is 6.89. The Morgan fingerprint density at radius 2 is 1.70 bits per heavy atom. The molecule has 0 saturated carbocycles. The van der Waals surface area contributed by atoms with E-state index in [-0.39, 0.29) is 11.6 Å². The molecule has 2 rings (SSSR count). The molecule has 2 aromatic carbocycles. The third kappa shape index (κ3) is 3.70. The molecule has 0 heterocycles. The summed E-state index contributed by atoms with van der Waals surface area (Å²) in [6.45, 7) is 4.05. The molecule has 20 heavy (non-hydrogen) atoms. The summed E-state index contributed by atoms with van der Waals surface area (Å²) in [6, 6.07) is 13.0. The van der Waals surface area contributed by atoms with Crippen molar-refractivity contribution in [2.24, 2.45) is 0 Å². The van der Waals surface area contributed by atoms with Gasteiger partial charge in [-0.1, -0.05) is 12.1 Å². The number of rotatable bonds is 6. The van der Waals surface area contributed by atoms with Crippen LogP contribution in [0.15, 0.2) is 48.5 Å². The van der Waals surface area contributed by atoms with Gasteiger partial charge in [-0.25, -0.2) is 8.78 Å². The number of likely N-dealkylation sites (N-methyl/N-ethyl adjacent to an activating group) is 1. The molecule has 0 aliphatic carbocycles. The molecular weight excluding hydrogens is 258 g/mol. The van der Waals surface area contributed by atoms with Gasteiger partial charge in [0.05, 0.1) is 5.69 Å². The fraction of sp³-hybridized carbons (Fsp3) is 0.250. The maximum absolute atomic E-state index is 13.7. The van der Waals surface area contributed by atoms with Gasteiger partial charge in [-0.3, -0.25) is 0 Å². The lowest BCUT2D eigenvalue weighted by molar-refractivity contribution is 0.619. The summed E-state index contributed by atoms with van der Waals surface area (Å²) in [6.07, 6.45) is 0. The summed E-state index contributed by atoms with van der Waals surface area (Å²) in [7, 11) is 0. The van der Waals surface area contributed by atoms with Crippen molar-refractivity contribution >= 4 is 11.4 Å². The maximum Gasteiger partial charge on any atom is 0.146 e. The maximum atomic E-state index is 13.7. The Hall–Kier alpha value is -2.10. The zero-order valence-electron chi connectivity index (χ0n) is 11.4. The van der Waals surface area contributed by atoms with Crippen molar-refractivity contribution in [1.29, 1.82) is 0 Å². The molecule has 2 nitrogen and oxygen atoms in total. The summed E-state index contributed by atoms with van der Waals surface area (Å²) >= 11 is 0. The Labute approximate surface area is 118 Å². The van der Waals surface area contributed by atoms with E-state index in [1.54, 1.807) is 24.3 Å². The smallest absolute Gasteiger partial charge is 0.146 e. The van der Waals surface area contributed by atoms with Crippen LogP contribution in [0.5, 0.6) is 0 Å². The molecule has 4 heteroatoms. The van der Waals surface area contributed by atoms with Gasteiger partial charge in [0.1, 0.15) is 11.6 Å². The first-order chi connectivity index (χ1) is 9.70. The van der Waals surface area contributed by atoms with E-state index >= 15 is 0 Å². The third-order valence-corrected chi connectivity index (χ3v) is 3.13. The monoisotopic (exact) mass is 276 g/mol. The highest BCUT2D eigenvalue weighted by Crippen LogP contribution is 2.18. The minimum absolute atomic E-state index is 0.212. The number of hydrogen-bond donors (Lipinski definition) is 1. The fourth-order valence-corrected chi connectivity index (χ4v) is 2.06. The van der Waals surface area contributed by atoms with E-state index in [1.807, 2.05) is 17.9 Å². The van der Waals surface area contributed by atoms with Gasteiger partial charge in [0.2, 0.25) is 0 Å². The molecule has 2 aromatic rings. The fourth-order valence-electron chi connectivity index (χ4n) is 2.06. The number of nitrogens with one attached hydrogen (secondary N) is 1. The zero-order chi connectivity index (χ0) is 14.4. The first-order valence-corrected chi connectivity index (χ1v) is 6.69. The van der Waals surface area contributed by atoms with Gasteiger partial charge in [-0.15, -0.1) is 0 Å². The molecule has 0 unspecified atom stereocenters. The van der Waals surface area contributed by atoms with Crippen LogP contribution in [0.1, 0.15) is 6.92 Å². The molecule has 0 atom stereocenters. The largest absolute Gasteiger partial charge is 0.383 e. The highest BCUT2D eigenvalue weighted by atomic mass is 19.1. The molecule has 0 aliphatic heterocycles. The minimum atomic E-state index is -0.253. The first-order valence-electron chi connectivity index (χ1n) is 6.69. The van der Waals surface area contributed by atoms with Crippen molar-refractivity contribution in [3.8, 4) is 0 Å². The number of halogens is 2. The van der Waals surface area contributed by atoms with Crippen LogP contribution < -0.4 is 10.2 Å². The van der Waals surface area contributed by atoms with Crippen LogP contribution in [-0.2, 0) is 0 Å². The van der Waals surface area contributed by atoms with Crippen molar-refractivity contribution in [3.63, 3.8) is 0 Å². The molecule has 0 aromatic heterocycles. The molecule has 1 N–H and O–H groups in total. The third-order valence-electron chi connectivity index (χ3n) is 3.13. The van der Waals surface area contributed by atoms with E-state index in [1.165, 1.54) is 18.2 Å². The molecule has 0 aliphatic rings. The van der Waals surface area contributed by atoms with Crippen molar-refractivity contribution in [2.75, 3.05) is 29.9 Å². The average molecular weight is 276 g/mol. The number of nitrogens with zero attached hydrogens (tertiary/aromatic N) is 1. The Kier molecular flexibility index (Phi) is 4.93. The first kappa shape index (κ1) is 14.3. The summed E-state index contributed by atoms with van der Waals surface area (Å²) < 4.78 is 26.5. The van der Waals surface area contributed by atoms with Gasteiger partial charge in [0, 0.05) is 25.3 Å². The van der Waals surface area contributed by atoms with E-state index in [0.717, 1.165) is 12.2 Å².